The molecule has 2 aromatic rings. The smallest absolute Gasteiger partial charge is 0.182 e. The van der Waals surface area contributed by atoms with Gasteiger partial charge in [0, 0.05) is 17.3 Å². The molecule has 1 aromatic heterocycles. The number of nitrogens with zero attached hydrogens (tertiary/aromatic N) is 2. The van der Waals surface area contributed by atoms with Gasteiger partial charge in [-0.15, -0.1) is 0 Å². The van der Waals surface area contributed by atoms with Crippen molar-refractivity contribution in [2.45, 2.75) is 18.4 Å². The number of nitrogen functional groups attached to an aromatic ring is 1. The number of sulfone groups is 1. The summed E-state index contributed by atoms with van der Waals surface area (Å²) in [5.74, 6) is 0.450. The second-order valence-electron chi connectivity index (χ2n) is 4.65. The molecule has 1 aromatic carbocycles. The topological polar surface area (TPSA) is 90.0 Å². The van der Waals surface area contributed by atoms with E-state index in [1.54, 1.807) is 0 Å². The van der Waals surface area contributed by atoms with E-state index in [0.29, 0.717) is 18.9 Å². The number of hydrogen-bond acceptors (Lipinski definition) is 5. The van der Waals surface area contributed by atoms with Crippen LogP contribution in [-0.2, 0) is 16.4 Å². The first-order valence-corrected chi connectivity index (χ1v) is 9.06. The van der Waals surface area contributed by atoms with Crippen molar-refractivity contribution in [3.63, 3.8) is 0 Å². The maximum absolute atomic E-state index is 11.9. The van der Waals surface area contributed by atoms with Crippen LogP contribution < -0.4 is 11.1 Å². The SMILES string of the molecule is CCNc1nn(Cc2ccc(Br)cc2)c(N)c1S(C)(=O)=O. The number of aromatic nitrogens is 2. The highest BCUT2D eigenvalue weighted by Crippen LogP contribution is 2.27. The van der Waals surface area contributed by atoms with Gasteiger partial charge in [-0.05, 0) is 24.6 Å². The largest absolute Gasteiger partial charge is 0.383 e. The molecule has 3 N–H and O–H groups in total. The highest BCUT2D eigenvalue weighted by molar-refractivity contribution is 9.10. The zero-order chi connectivity index (χ0) is 15.6. The minimum absolute atomic E-state index is 0.0569. The summed E-state index contributed by atoms with van der Waals surface area (Å²) in [6, 6.07) is 7.69. The van der Waals surface area contributed by atoms with Crippen LogP contribution in [0.5, 0.6) is 0 Å². The molecular formula is C13H17BrN4O2S. The maximum Gasteiger partial charge on any atom is 0.182 e. The molecule has 0 unspecified atom stereocenters. The maximum atomic E-state index is 11.9. The molecule has 0 amide bonds. The van der Waals surface area contributed by atoms with Gasteiger partial charge >= 0.3 is 0 Å². The molecule has 0 radical (unpaired) electrons. The van der Waals surface area contributed by atoms with Gasteiger partial charge in [-0.1, -0.05) is 28.1 Å². The normalized spacial score (nSPS) is 11.6. The number of nitrogens with two attached hydrogens (primary N) is 1. The monoisotopic (exact) mass is 372 g/mol. The lowest BCUT2D eigenvalue weighted by Gasteiger charge is -2.04. The van der Waals surface area contributed by atoms with E-state index in [1.807, 2.05) is 31.2 Å². The molecule has 114 valence electrons. The number of benzene rings is 1. The average molecular weight is 373 g/mol. The fraction of sp³-hybridized carbons (Fsp3) is 0.308. The molecule has 2 rings (SSSR count). The van der Waals surface area contributed by atoms with Crippen molar-refractivity contribution in [3.05, 3.63) is 34.3 Å². The molecule has 0 saturated heterocycles. The minimum Gasteiger partial charge on any atom is -0.383 e. The van der Waals surface area contributed by atoms with Crippen molar-refractivity contribution >= 4 is 37.4 Å². The number of hydrogen-bond donors (Lipinski definition) is 2. The summed E-state index contributed by atoms with van der Waals surface area (Å²) < 4.78 is 26.2. The Morgan fingerprint density at radius 3 is 2.48 bits per heavy atom. The average Bonchev–Trinajstić information content (AvgIpc) is 2.69. The van der Waals surface area contributed by atoms with Gasteiger partial charge in [0.05, 0.1) is 6.54 Å². The van der Waals surface area contributed by atoms with Crippen molar-refractivity contribution in [3.8, 4) is 0 Å². The number of anilines is 2. The third-order valence-corrected chi connectivity index (χ3v) is 4.58. The van der Waals surface area contributed by atoms with Gasteiger partial charge in [-0.25, -0.2) is 13.1 Å². The Hall–Kier alpha value is -1.54. The second kappa shape index (κ2) is 6.07. The molecule has 8 heteroatoms. The van der Waals surface area contributed by atoms with Crippen LogP contribution in [0.4, 0.5) is 11.6 Å². The summed E-state index contributed by atoms with van der Waals surface area (Å²) in [5, 5.41) is 7.21. The van der Waals surface area contributed by atoms with E-state index < -0.39 is 9.84 Å². The number of halogens is 1. The van der Waals surface area contributed by atoms with Crippen molar-refractivity contribution in [2.24, 2.45) is 0 Å². The number of nitrogens with one attached hydrogen (secondary N) is 1. The zero-order valence-electron chi connectivity index (χ0n) is 11.8. The molecule has 0 aliphatic heterocycles. The van der Waals surface area contributed by atoms with Gasteiger partial charge < -0.3 is 11.1 Å². The first kappa shape index (κ1) is 15.8. The van der Waals surface area contributed by atoms with Gasteiger partial charge in [0.1, 0.15) is 5.82 Å². The summed E-state index contributed by atoms with van der Waals surface area (Å²) in [5.41, 5.74) is 6.95. The fourth-order valence-corrected chi connectivity index (χ4v) is 3.20. The molecule has 1 heterocycles. The van der Waals surface area contributed by atoms with E-state index in [9.17, 15) is 8.42 Å². The quantitative estimate of drug-likeness (QED) is 0.838. The molecule has 0 aliphatic carbocycles. The van der Waals surface area contributed by atoms with Crippen LogP contribution >= 0.6 is 15.9 Å². The molecule has 0 saturated carbocycles. The molecule has 6 nitrogen and oxygen atoms in total. The Labute approximate surface area is 132 Å². The lowest BCUT2D eigenvalue weighted by atomic mass is 10.2. The molecule has 0 atom stereocenters. The van der Waals surface area contributed by atoms with E-state index in [4.69, 9.17) is 5.73 Å². The Morgan fingerprint density at radius 2 is 1.95 bits per heavy atom. The van der Waals surface area contributed by atoms with Crippen LogP contribution in [0.25, 0.3) is 0 Å². The molecular weight excluding hydrogens is 356 g/mol. The summed E-state index contributed by atoms with van der Waals surface area (Å²) >= 11 is 3.37. The standard InChI is InChI=1S/C13H17BrN4O2S/c1-3-16-13-11(21(2,19)20)12(15)18(17-13)8-9-4-6-10(14)7-5-9/h4-7H,3,8,15H2,1-2H3,(H,16,17). The van der Waals surface area contributed by atoms with Gasteiger partial charge in [-0.3, -0.25) is 0 Å². The van der Waals surface area contributed by atoms with Gasteiger partial charge in [0.15, 0.2) is 20.6 Å². The first-order chi connectivity index (χ1) is 9.82. The summed E-state index contributed by atoms with van der Waals surface area (Å²) in [6.45, 7) is 2.85. The summed E-state index contributed by atoms with van der Waals surface area (Å²) in [7, 11) is -3.44. The van der Waals surface area contributed by atoms with E-state index in [2.05, 4.69) is 26.3 Å². The Bertz CT molecular complexity index is 738. The van der Waals surface area contributed by atoms with E-state index in [1.165, 1.54) is 4.68 Å². The molecule has 21 heavy (non-hydrogen) atoms. The Balaban J connectivity index is 2.43. The van der Waals surface area contributed by atoms with E-state index in [-0.39, 0.29) is 10.7 Å². The highest BCUT2D eigenvalue weighted by Gasteiger charge is 2.23. The van der Waals surface area contributed by atoms with Crippen LogP contribution in [0, 0.1) is 0 Å². The van der Waals surface area contributed by atoms with Crippen molar-refractivity contribution < 1.29 is 8.42 Å². The minimum atomic E-state index is -3.44. The first-order valence-electron chi connectivity index (χ1n) is 6.37. The van der Waals surface area contributed by atoms with Crippen LogP contribution in [0.1, 0.15) is 12.5 Å². The third kappa shape index (κ3) is 3.56. The summed E-state index contributed by atoms with van der Waals surface area (Å²) in [6.07, 6.45) is 1.13. The Morgan fingerprint density at radius 1 is 1.33 bits per heavy atom. The Kier molecular flexibility index (Phi) is 4.58. The van der Waals surface area contributed by atoms with Crippen LogP contribution in [0.2, 0.25) is 0 Å². The molecule has 0 fully saturated rings. The van der Waals surface area contributed by atoms with Gasteiger partial charge in [0.25, 0.3) is 0 Å². The predicted molar refractivity (Wildman–Crippen MR) is 87.2 cm³/mol. The van der Waals surface area contributed by atoms with Crippen molar-refractivity contribution in [1.82, 2.24) is 9.78 Å². The van der Waals surface area contributed by atoms with Crippen molar-refractivity contribution in [1.29, 1.82) is 0 Å². The zero-order valence-corrected chi connectivity index (χ0v) is 14.2. The fourth-order valence-electron chi connectivity index (χ4n) is 1.99. The van der Waals surface area contributed by atoms with Crippen LogP contribution in [0.3, 0.4) is 0 Å². The highest BCUT2D eigenvalue weighted by atomic mass is 79.9. The lowest BCUT2D eigenvalue weighted by molar-refractivity contribution is 0.602. The van der Waals surface area contributed by atoms with Crippen molar-refractivity contribution in [2.75, 3.05) is 23.9 Å². The van der Waals surface area contributed by atoms with E-state index >= 15 is 0 Å². The van der Waals surface area contributed by atoms with Crippen LogP contribution in [-0.4, -0.2) is 31.0 Å². The van der Waals surface area contributed by atoms with E-state index in [0.717, 1.165) is 16.3 Å². The predicted octanol–water partition coefficient (Wildman–Crippen LogP) is 2.11. The third-order valence-electron chi connectivity index (χ3n) is 2.91. The number of rotatable bonds is 5. The lowest BCUT2D eigenvalue weighted by Crippen LogP contribution is -2.08. The van der Waals surface area contributed by atoms with Crippen LogP contribution in [0.15, 0.2) is 33.6 Å². The second-order valence-corrected chi connectivity index (χ2v) is 7.52. The van der Waals surface area contributed by atoms with Gasteiger partial charge in [-0.2, -0.15) is 5.10 Å². The molecule has 0 bridgehead atoms. The molecule has 0 spiro atoms. The molecule has 0 aliphatic rings. The van der Waals surface area contributed by atoms with Gasteiger partial charge in [0.2, 0.25) is 0 Å². The summed E-state index contributed by atoms with van der Waals surface area (Å²) in [4.78, 5) is 0.0569.